The van der Waals surface area contributed by atoms with Gasteiger partial charge in [0.05, 0.1) is 18.5 Å². The van der Waals surface area contributed by atoms with Gasteiger partial charge in [-0.3, -0.25) is 9.13 Å². The predicted octanol–water partition coefficient (Wildman–Crippen LogP) is 2.55. The summed E-state index contributed by atoms with van der Waals surface area (Å²) in [6.07, 6.45) is -4.27. The molecule has 0 radical (unpaired) electrons. The number of fused-ring (bicyclic) bond motifs is 2. The second kappa shape index (κ2) is 9.43. The Morgan fingerprint density at radius 3 is 2.72 bits per heavy atom. The van der Waals surface area contributed by atoms with E-state index >= 15 is 4.39 Å². The van der Waals surface area contributed by atoms with Crippen LogP contribution in [0.3, 0.4) is 0 Å². The molecule has 3 aromatic rings. The summed E-state index contributed by atoms with van der Waals surface area (Å²) in [5.41, 5.74) is 3.39. The van der Waals surface area contributed by atoms with Crippen molar-refractivity contribution < 1.29 is 42.6 Å². The maximum Gasteiger partial charge on any atom is 0.340 e. The highest BCUT2D eigenvalue weighted by atomic mass is 35.5. The molecule has 0 saturated carbocycles. The van der Waals surface area contributed by atoms with Crippen molar-refractivity contribution in [3.63, 3.8) is 0 Å². The van der Waals surface area contributed by atoms with Crippen LogP contribution in [0.25, 0.3) is 5.52 Å². The summed E-state index contributed by atoms with van der Waals surface area (Å²) >= 11 is 6.30. The zero-order valence-electron chi connectivity index (χ0n) is 18.5. The van der Waals surface area contributed by atoms with Crippen molar-refractivity contribution in [1.29, 1.82) is 0 Å². The van der Waals surface area contributed by atoms with E-state index in [2.05, 4.69) is 15.0 Å². The number of ether oxygens (including phenoxy) is 1. The van der Waals surface area contributed by atoms with Crippen molar-refractivity contribution in [3.05, 3.63) is 53.1 Å². The highest BCUT2D eigenvalue weighted by Crippen LogP contribution is 2.55. The minimum atomic E-state index is -4.85. The highest BCUT2D eigenvalue weighted by molar-refractivity contribution is 7.70. The van der Waals surface area contributed by atoms with E-state index in [-0.39, 0.29) is 11.0 Å². The lowest BCUT2D eigenvalue weighted by atomic mass is 10.1. The SMILES string of the molecule is O=P(O)(O)CP(=O)(O)OC[C@H]1O[C@@H](c2ncc3c(N4CCc5ccccc54)cc(Cl)nn23)[C@H](F)[C@@H]1O. The van der Waals surface area contributed by atoms with Gasteiger partial charge in [0, 0.05) is 18.3 Å². The maximum atomic E-state index is 15.1. The first-order valence-electron chi connectivity index (χ1n) is 10.8. The number of hydrogen-bond donors (Lipinski definition) is 4. The Hall–Kier alpha value is -1.92. The molecular formula is C20H22ClFN4O8P2. The molecule has 36 heavy (non-hydrogen) atoms. The summed E-state index contributed by atoms with van der Waals surface area (Å²) in [6.45, 7) is -0.0886. The van der Waals surface area contributed by atoms with Gasteiger partial charge in [0.2, 0.25) is 0 Å². The van der Waals surface area contributed by atoms with E-state index in [1.54, 1.807) is 6.07 Å². The van der Waals surface area contributed by atoms with Crippen molar-refractivity contribution in [1.82, 2.24) is 14.6 Å². The van der Waals surface area contributed by atoms with E-state index in [4.69, 9.17) is 30.6 Å². The summed E-state index contributed by atoms with van der Waals surface area (Å²) in [7, 11) is -9.56. The van der Waals surface area contributed by atoms with Gasteiger partial charge in [-0.25, -0.2) is 13.9 Å². The van der Waals surface area contributed by atoms with Crippen LogP contribution in [0.2, 0.25) is 5.15 Å². The summed E-state index contributed by atoms with van der Waals surface area (Å²) < 4.78 is 49.6. The van der Waals surface area contributed by atoms with E-state index in [9.17, 15) is 19.1 Å². The lowest BCUT2D eigenvalue weighted by Gasteiger charge is -2.21. The molecule has 5 atom stereocenters. The second-order valence-electron chi connectivity index (χ2n) is 8.57. The van der Waals surface area contributed by atoms with Gasteiger partial charge in [-0.2, -0.15) is 5.10 Å². The molecular weight excluding hydrogens is 541 g/mol. The number of imidazole rings is 1. The third kappa shape index (κ3) is 4.96. The van der Waals surface area contributed by atoms with Gasteiger partial charge in [0.1, 0.15) is 17.7 Å². The predicted molar refractivity (Wildman–Crippen MR) is 126 cm³/mol. The Balaban J connectivity index is 1.41. The fourth-order valence-corrected chi connectivity index (χ4v) is 7.23. The molecule has 0 amide bonds. The van der Waals surface area contributed by atoms with E-state index < -0.39 is 52.2 Å². The fourth-order valence-electron chi connectivity index (χ4n) is 4.48. The topological polar surface area (TPSA) is 167 Å². The normalized spacial score (nSPS) is 25.9. The van der Waals surface area contributed by atoms with E-state index in [0.29, 0.717) is 17.7 Å². The highest BCUT2D eigenvalue weighted by Gasteiger charge is 2.48. The number of aliphatic hydroxyl groups is 1. The van der Waals surface area contributed by atoms with Crippen LogP contribution in [0.5, 0.6) is 0 Å². The van der Waals surface area contributed by atoms with Gasteiger partial charge in [-0.05, 0) is 18.1 Å². The first-order valence-corrected chi connectivity index (χ1v) is 14.8. The smallest absolute Gasteiger partial charge is 0.340 e. The standard InChI is InChI=1S/C20H22ClFN4O8P2/c21-16-7-13(25-6-5-11-3-1-2-4-12(11)25)14-8-23-20(26(14)24-16)19-17(22)18(27)15(34-19)9-33-36(31,32)10-35(28,29)30/h1-4,7-8,15,17-19,27H,5-6,9-10H2,(H,31,32)(H2,28,29,30)/t15-,17-,18-,19-/m1/s1. The van der Waals surface area contributed by atoms with Crippen LogP contribution in [0.15, 0.2) is 36.5 Å². The van der Waals surface area contributed by atoms with E-state index in [1.807, 2.05) is 24.3 Å². The summed E-state index contributed by atoms with van der Waals surface area (Å²) in [5, 5.41) is 14.7. The number of benzene rings is 1. The van der Waals surface area contributed by atoms with Crippen molar-refractivity contribution in [2.24, 2.45) is 0 Å². The number of para-hydroxylation sites is 1. The van der Waals surface area contributed by atoms with E-state index in [1.165, 1.54) is 10.7 Å². The first-order chi connectivity index (χ1) is 16.9. The number of halogens is 2. The minimum absolute atomic E-state index is 0.0117. The molecule has 1 aromatic carbocycles. The lowest BCUT2D eigenvalue weighted by molar-refractivity contribution is -0.0211. The van der Waals surface area contributed by atoms with Gasteiger partial charge < -0.3 is 33.9 Å². The van der Waals surface area contributed by atoms with Crippen LogP contribution in [0, 0.1) is 0 Å². The number of anilines is 2. The summed E-state index contributed by atoms with van der Waals surface area (Å²) in [4.78, 5) is 33.8. The van der Waals surface area contributed by atoms with Crippen molar-refractivity contribution in [2.75, 3.05) is 24.0 Å². The third-order valence-electron chi connectivity index (χ3n) is 6.03. The number of hydrogen-bond acceptors (Lipinski definition) is 8. The molecule has 1 unspecified atom stereocenters. The lowest BCUT2D eigenvalue weighted by Crippen LogP contribution is -2.31. The number of aromatic nitrogens is 3. The Morgan fingerprint density at radius 1 is 1.22 bits per heavy atom. The minimum Gasteiger partial charge on any atom is -0.387 e. The van der Waals surface area contributed by atoms with Gasteiger partial charge in [-0.15, -0.1) is 0 Å². The molecule has 1 saturated heterocycles. The number of aliphatic hydroxyl groups excluding tert-OH is 1. The molecule has 4 heterocycles. The zero-order chi connectivity index (χ0) is 25.8. The average Bonchev–Trinajstić information content (AvgIpc) is 3.47. The van der Waals surface area contributed by atoms with Crippen LogP contribution < -0.4 is 4.90 Å². The van der Waals surface area contributed by atoms with Crippen LogP contribution in [-0.4, -0.2) is 71.8 Å². The Bertz CT molecular complexity index is 1400. The molecule has 194 valence electrons. The molecule has 12 nitrogen and oxygen atoms in total. The molecule has 2 aliphatic heterocycles. The van der Waals surface area contributed by atoms with E-state index in [0.717, 1.165) is 17.7 Å². The number of rotatable bonds is 7. The van der Waals surface area contributed by atoms with Crippen LogP contribution in [-0.2, 0) is 24.8 Å². The van der Waals surface area contributed by atoms with Gasteiger partial charge in [0.15, 0.2) is 29.2 Å². The number of alkyl halides is 1. The second-order valence-corrected chi connectivity index (χ2v) is 12.9. The quantitative estimate of drug-likeness (QED) is 0.312. The fraction of sp³-hybridized carbons (Fsp3) is 0.400. The van der Waals surface area contributed by atoms with Gasteiger partial charge >= 0.3 is 15.2 Å². The molecule has 4 N–H and O–H groups in total. The third-order valence-corrected chi connectivity index (χ3v) is 9.67. The zero-order valence-corrected chi connectivity index (χ0v) is 21.0. The Kier molecular flexibility index (Phi) is 6.74. The van der Waals surface area contributed by atoms with Crippen LogP contribution in [0.1, 0.15) is 17.5 Å². The largest absolute Gasteiger partial charge is 0.387 e. The number of nitrogens with zero attached hydrogens (tertiary/aromatic N) is 4. The first kappa shape index (κ1) is 25.7. The Morgan fingerprint density at radius 2 is 1.97 bits per heavy atom. The van der Waals surface area contributed by atoms with Crippen LogP contribution in [0.4, 0.5) is 15.8 Å². The maximum absolute atomic E-state index is 15.1. The van der Waals surface area contributed by atoms with Crippen LogP contribution >= 0.6 is 26.8 Å². The molecule has 2 aromatic heterocycles. The molecule has 0 bridgehead atoms. The monoisotopic (exact) mass is 562 g/mol. The van der Waals surface area contributed by atoms with Gasteiger partial charge in [0.25, 0.3) is 0 Å². The summed E-state index contributed by atoms with van der Waals surface area (Å²) in [5.74, 6) is -1.40. The Labute approximate surface area is 208 Å². The molecule has 0 aliphatic carbocycles. The average molecular weight is 563 g/mol. The molecule has 5 rings (SSSR count). The van der Waals surface area contributed by atoms with Crippen molar-refractivity contribution in [2.45, 2.75) is 30.9 Å². The van der Waals surface area contributed by atoms with Crippen molar-refractivity contribution >= 4 is 43.7 Å². The molecule has 0 spiro atoms. The van der Waals surface area contributed by atoms with Gasteiger partial charge in [-0.1, -0.05) is 29.8 Å². The molecule has 2 aliphatic rings. The molecule has 1 fully saturated rings. The summed E-state index contributed by atoms with van der Waals surface area (Å²) in [6, 6.07) is 9.58. The van der Waals surface area contributed by atoms with Crippen molar-refractivity contribution in [3.8, 4) is 0 Å². The molecule has 16 heteroatoms.